The summed E-state index contributed by atoms with van der Waals surface area (Å²) < 4.78 is 16.3. The molecule has 2 aromatic rings. The fourth-order valence-corrected chi connectivity index (χ4v) is 2.49. The molecule has 3 N–H and O–H groups in total. The minimum absolute atomic E-state index is 0.229. The van der Waals surface area contributed by atoms with E-state index in [1.807, 2.05) is 6.92 Å². The monoisotopic (exact) mass is 442 g/mol. The lowest BCUT2D eigenvalue weighted by Gasteiger charge is -2.13. The molecule has 0 aliphatic heterocycles. The largest absolute Gasteiger partial charge is 0.497 e. The number of hydrogen-bond acceptors (Lipinski definition) is 7. The maximum atomic E-state index is 12.2. The van der Waals surface area contributed by atoms with Gasteiger partial charge < -0.3 is 24.8 Å². The Balaban J connectivity index is 1.98. The van der Waals surface area contributed by atoms with E-state index in [1.54, 1.807) is 56.5 Å². The molecule has 170 valence electrons. The van der Waals surface area contributed by atoms with Crippen molar-refractivity contribution in [2.45, 2.75) is 13.8 Å². The van der Waals surface area contributed by atoms with Gasteiger partial charge in [0.1, 0.15) is 5.75 Å². The van der Waals surface area contributed by atoms with Crippen molar-refractivity contribution in [2.75, 3.05) is 32.2 Å². The normalized spacial score (nSPS) is 10.3. The van der Waals surface area contributed by atoms with Gasteiger partial charge in [-0.1, -0.05) is 6.07 Å². The van der Waals surface area contributed by atoms with Crippen LogP contribution in [0.2, 0.25) is 0 Å². The third-order valence-corrected chi connectivity index (χ3v) is 3.90. The molecule has 0 saturated heterocycles. The first-order valence-corrected chi connectivity index (χ1v) is 9.91. The lowest BCUT2D eigenvalue weighted by molar-refractivity contribution is -0.139. The number of likely N-dealkylation sites (N-methyl/N-ethyl adjacent to an activating group) is 1. The molecule has 0 saturated carbocycles. The molecule has 0 radical (unpaired) electrons. The van der Waals surface area contributed by atoms with Crippen molar-refractivity contribution >= 4 is 29.6 Å². The highest BCUT2D eigenvalue weighted by atomic mass is 16.5. The molecule has 0 fully saturated rings. The minimum Gasteiger partial charge on any atom is -0.497 e. The number of benzene rings is 2. The lowest BCUT2D eigenvalue weighted by Crippen LogP contribution is -2.37. The van der Waals surface area contributed by atoms with Gasteiger partial charge in [0, 0.05) is 18.3 Å². The van der Waals surface area contributed by atoms with Crippen molar-refractivity contribution in [1.29, 1.82) is 0 Å². The van der Waals surface area contributed by atoms with E-state index in [9.17, 15) is 14.4 Å². The number of anilines is 1. The Morgan fingerprint density at radius 3 is 2.53 bits per heavy atom. The van der Waals surface area contributed by atoms with Crippen LogP contribution in [-0.4, -0.2) is 50.8 Å². The molecule has 0 atom stereocenters. The van der Waals surface area contributed by atoms with Gasteiger partial charge in [0.05, 0.1) is 19.9 Å². The van der Waals surface area contributed by atoms with Crippen LogP contribution in [0.25, 0.3) is 0 Å². The molecule has 0 bridgehead atoms. The fourth-order valence-electron chi connectivity index (χ4n) is 2.49. The summed E-state index contributed by atoms with van der Waals surface area (Å²) in [5, 5.41) is 8.85. The summed E-state index contributed by atoms with van der Waals surface area (Å²) in [5.41, 5.74) is 3.32. The van der Waals surface area contributed by atoms with Crippen molar-refractivity contribution in [3.8, 4) is 17.2 Å². The van der Waals surface area contributed by atoms with Crippen LogP contribution in [0.15, 0.2) is 47.6 Å². The highest BCUT2D eigenvalue weighted by molar-refractivity contribution is 6.35. The highest BCUT2D eigenvalue weighted by Crippen LogP contribution is 2.28. The van der Waals surface area contributed by atoms with E-state index >= 15 is 0 Å². The molecule has 10 heteroatoms. The zero-order chi connectivity index (χ0) is 23.3. The number of amides is 3. The second-order valence-corrected chi connectivity index (χ2v) is 6.27. The zero-order valence-corrected chi connectivity index (χ0v) is 18.1. The van der Waals surface area contributed by atoms with E-state index in [-0.39, 0.29) is 12.5 Å². The van der Waals surface area contributed by atoms with Crippen LogP contribution < -0.4 is 30.3 Å². The molecular formula is C22H26N4O6. The van der Waals surface area contributed by atoms with Gasteiger partial charge in [-0.2, -0.15) is 5.10 Å². The van der Waals surface area contributed by atoms with Crippen LogP contribution in [0, 0.1) is 0 Å². The van der Waals surface area contributed by atoms with E-state index < -0.39 is 11.8 Å². The molecule has 2 rings (SSSR count). The quantitative estimate of drug-likeness (QED) is 0.292. The number of nitrogens with one attached hydrogen (secondary N) is 3. The molecule has 0 aromatic heterocycles. The van der Waals surface area contributed by atoms with Gasteiger partial charge in [0.25, 0.3) is 5.91 Å². The summed E-state index contributed by atoms with van der Waals surface area (Å²) in [6.45, 7) is 4.00. The molecule has 0 aliphatic rings. The summed E-state index contributed by atoms with van der Waals surface area (Å²) in [6, 6.07) is 11.9. The van der Waals surface area contributed by atoms with Gasteiger partial charge in [-0.25, -0.2) is 5.43 Å². The molecule has 32 heavy (non-hydrogen) atoms. The lowest BCUT2D eigenvalue weighted by atomic mass is 10.2. The first-order chi connectivity index (χ1) is 15.5. The third-order valence-electron chi connectivity index (χ3n) is 3.90. The number of carbonyl (C=O) groups is 3. The van der Waals surface area contributed by atoms with E-state index in [0.717, 1.165) is 0 Å². The number of carbonyl (C=O) groups excluding carboxylic acids is 3. The van der Waals surface area contributed by atoms with Gasteiger partial charge in [0.2, 0.25) is 0 Å². The first-order valence-electron chi connectivity index (χ1n) is 9.91. The summed E-state index contributed by atoms with van der Waals surface area (Å²) in [5.74, 6) is -0.580. The molecule has 2 aromatic carbocycles. The molecule has 10 nitrogen and oxygen atoms in total. The summed E-state index contributed by atoms with van der Waals surface area (Å²) in [7, 11) is 1.55. The average molecular weight is 442 g/mol. The van der Waals surface area contributed by atoms with Crippen molar-refractivity contribution < 1.29 is 28.6 Å². The standard InChI is InChI=1S/C22H26N4O6/c1-4-23-21(28)22(29)26-24-13-15-9-10-18(19(11-15)31-5-2)32-14-20(27)25-16-7-6-8-17(12-16)30-3/h6-13H,4-5,14H2,1-3H3,(H,23,28)(H,25,27)(H,26,29)/b24-13-. The molecule has 0 unspecified atom stereocenters. The van der Waals surface area contributed by atoms with Crippen LogP contribution in [0.1, 0.15) is 19.4 Å². The summed E-state index contributed by atoms with van der Waals surface area (Å²) in [4.78, 5) is 35.1. The van der Waals surface area contributed by atoms with Crippen molar-refractivity contribution in [2.24, 2.45) is 5.10 Å². The van der Waals surface area contributed by atoms with E-state index in [2.05, 4.69) is 21.2 Å². The number of methoxy groups -OCH3 is 1. The highest BCUT2D eigenvalue weighted by Gasteiger charge is 2.11. The Bertz CT molecular complexity index is 977. The number of rotatable bonds is 10. The van der Waals surface area contributed by atoms with Crippen LogP contribution in [0.4, 0.5) is 5.69 Å². The Kier molecular flexibility index (Phi) is 9.51. The first kappa shape index (κ1) is 24.2. The number of hydrazone groups is 1. The smallest absolute Gasteiger partial charge is 0.329 e. The van der Waals surface area contributed by atoms with Crippen LogP contribution in [0.5, 0.6) is 17.2 Å². The Morgan fingerprint density at radius 2 is 1.81 bits per heavy atom. The molecule has 0 heterocycles. The fraction of sp³-hybridized carbons (Fsp3) is 0.273. The van der Waals surface area contributed by atoms with Gasteiger partial charge in [-0.05, 0) is 49.7 Å². The molecule has 0 aliphatic carbocycles. The van der Waals surface area contributed by atoms with Crippen LogP contribution in [0.3, 0.4) is 0 Å². The van der Waals surface area contributed by atoms with Gasteiger partial charge in [-0.15, -0.1) is 0 Å². The van der Waals surface area contributed by atoms with Crippen molar-refractivity contribution in [3.05, 3.63) is 48.0 Å². The predicted molar refractivity (Wildman–Crippen MR) is 119 cm³/mol. The molecular weight excluding hydrogens is 416 g/mol. The predicted octanol–water partition coefficient (Wildman–Crippen LogP) is 1.70. The Morgan fingerprint density at radius 1 is 1.00 bits per heavy atom. The minimum atomic E-state index is -0.866. The number of nitrogens with zero attached hydrogens (tertiary/aromatic N) is 1. The zero-order valence-electron chi connectivity index (χ0n) is 18.1. The second kappa shape index (κ2) is 12.6. The maximum absolute atomic E-state index is 12.2. The summed E-state index contributed by atoms with van der Waals surface area (Å²) >= 11 is 0. The van der Waals surface area contributed by atoms with Crippen LogP contribution in [-0.2, 0) is 14.4 Å². The SMILES string of the molecule is CCNC(=O)C(=O)N/N=C\c1ccc(OCC(=O)Nc2cccc(OC)c2)c(OCC)c1. The van der Waals surface area contributed by atoms with Crippen molar-refractivity contribution in [1.82, 2.24) is 10.7 Å². The van der Waals surface area contributed by atoms with E-state index in [4.69, 9.17) is 14.2 Å². The Labute approximate surface area is 185 Å². The summed E-state index contributed by atoms with van der Waals surface area (Å²) in [6.07, 6.45) is 1.36. The average Bonchev–Trinajstić information content (AvgIpc) is 2.79. The van der Waals surface area contributed by atoms with Gasteiger partial charge in [0.15, 0.2) is 18.1 Å². The topological polar surface area (TPSA) is 127 Å². The molecule has 3 amide bonds. The number of ether oxygens (including phenoxy) is 3. The van der Waals surface area contributed by atoms with Gasteiger partial charge >= 0.3 is 11.8 Å². The second-order valence-electron chi connectivity index (χ2n) is 6.27. The molecule has 0 spiro atoms. The maximum Gasteiger partial charge on any atom is 0.329 e. The van der Waals surface area contributed by atoms with Gasteiger partial charge in [-0.3, -0.25) is 14.4 Å². The Hall–Kier alpha value is -4.08. The third kappa shape index (κ3) is 7.63. The van der Waals surface area contributed by atoms with E-state index in [1.165, 1.54) is 6.21 Å². The van der Waals surface area contributed by atoms with E-state index in [0.29, 0.717) is 41.7 Å². The van der Waals surface area contributed by atoms with Crippen molar-refractivity contribution in [3.63, 3.8) is 0 Å². The van der Waals surface area contributed by atoms with Crippen LogP contribution >= 0.6 is 0 Å². The number of hydrogen-bond donors (Lipinski definition) is 3.